The number of hydrogen-bond donors (Lipinski definition) is 0. The average Bonchev–Trinajstić information content (AvgIpc) is 3.14. The Hall–Kier alpha value is -2.79. The van der Waals surface area contributed by atoms with Crippen LogP contribution in [0.3, 0.4) is 0 Å². The van der Waals surface area contributed by atoms with Gasteiger partial charge in [-0.2, -0.15) is 0 Å². The monoisotopic (exact) mass is 475 g/mol. The van der Waals surface area contributed by atoms with E-state index in [2.05, 4.69) is 0 Å². The number of ether oxygens (including phenoxy) is 6. The maximum Gasteiger partial charge on any atom is 0.303 e. The van der Waals surface area contributed by atoms with Crippen molar-refractivity contribution in [3.05, 3.63) is 42.5 Å². The van der Waals surface area contributed by atoms with Crippen molar-refractivity contribution in [2.45, 2.75) is 70.2 Å². The van der Waals surface area contributed by atoms with E-state index in [-0.39, 0.29) is 12.5 Å². The van der Waals surface area contributed by atoms with Crippen molar-refractivity contribution in [3.63, 3.8) is 0 Å². The zero-order valence-corrected chi connectivity index (χ0v) is 19.5. The third-order valence-electron chi connectivity index (χ3n) is 5.70. The molecule has 0 aromatic heterocycles. The van der Waals surface area contributed by atoms with E-state index in [0.717, 1.165) is 5.69 Å². The van der Waals surface area contributed by atoms with E-state index in [1.54, 1.807) is 17.1 Å². The number of anilines is 1. The number of carbonyl (C=O) groups is 3. The lowest BCUT2D eigenvalue weighted by Gasteiger charge is -2.49. The van der Waals surface area contributed by atoms with Crippen molar-refractivity contribution in [1.82, 2.24) is 0 Å². The minimum absolute atomic E-state index is 0.135. The summed E-state index contributed by atoms with van der Waals surface area (Å²) < 4.78 is 34.0. The lowest BCUT2D eigenvalue weighted by atomic mass is 9.91. The fourth-order valence-corrected chi connectivity index (χ4v) is 4.24. The molecule has 3 aliphatic heterocycles. The van der Waals surface area contributed by atoms with Gasteiger partial charge in [0.1, 0.15) is 31.0 Å². The molecule has 0 radical (unpaired) electrons. The van der Waals surface area contributed by atoms with Crippen LogP contribution < -0.4 is 4.90 Å². The molecule has 1 amide bonds. The van der Waals surface area contributed by atoms with E-state index >= 15 is 0 Å². The highest BCUT2D eigenvalue weighted by Gasteiger charge is 2.57. The molecule has 10 nitrogen and oxygen atoms in total. The van der Waals surface area contributed by atoms with Gasteiger partial charge in [0, 0.05) is 19.5 Å². The highest BCUT2D eigenvalue weighted by Crippen LogP contribution is 2.38. The Bertz CT molecular complexity index is 947. The third kappa shape index (κ3) is 5.30. The van der Waals surface area contributed by atoms with Crippen LogP contribution in [0.4, 0.5) is 5.69 Å². The van der Waals surface area contributed by atoms with Crippen LogP contribution in [0, 0.1) is 0 Å². The smallest absolute Gasteiger partial charge is 0.303 e. The Labute approximate surface area is 197 Å². The standard InChI is InChI=1S/C24H29NO9/c1-14(26)29-12-18-17(31-15(2)27)10-11-20(32-18)33-22-21(19-13-30-24(3,4)34-19)25(23(22)28)16-8-6-5-7-9-16/h5-11,17-22H,12-13H2,1-4H3/t17-,18+,19+,20+,21-,22+/m0/s1. The molecule has 1 aromatic rings. The zero-order valence-electron chi connectivity index (χ0n) is 19.5. The quantitative estimate of drug-likeness (QED) is 0.331. The van der Waals surface area contributed by atoms with Crippen LogP contribution in [-0.4, -0.2) is 73.6 Å². The van der Waals surface area contributed by atoms with Crippen molar-refractivity contribution in [1.29, 1.82) is 0 Å². The number of hydrogen-bond acceptors (Lipinski definition) is 9. The Morgan fingerprint density at radius 1 is 1.12 bits per heavy atom. The van der Waals surface area contributed by atoms with Crippen LogP contribution in [0.15, 0.2) is 42.5 Å². The van der Waals surface area contributed by atoms with E-state index < -0.39 is 54.5 Å². The number of nitrogens with zero attached hydrogens (tertiary/aromatic N) is 1. The summed E-state index contributed by atoms with van der Waals surface area (Å²) in [6.45, 7) is 6.35. The summed E-state index contributed by atoms with van der Waals surface area (Å²) in [6.07, 6.45) is -0.534. The van der Waals surface area contributed by atoms with Gasteiger partial charge < -0.3 is 33.3 Å². The Kier molecular flexibility index (Phi) is 7.04. The molecule has 3 aliphatic rings. The molecule has 0 spiro atoms. The fraction of sp³-hybridized carbons (Fsp3) is 0.542. The molecule has 3 heterocycles. The first-order valence-corrected chi connectivity index (χ1v) is 11.1. The first-order chi connectivity index (χ1) is 16.1. The number of amides is 1. The van der Waals surface area contributed by atoms with Crippen LogP contribution >= 0.6 is 0 Å². The van der Waals surface area contributed by atoms with Gasteiger partial charge in [-0.3, -0.25) is 14.4 Å². The van der Waals surface area contributed by atoms with Crippen molar-refractivity contribution >= 4 is 23.5 Å². The van der Waals surface area contributed by atoms with Crippen LogP contribution in [0.5, 0.6) is 0 Å². The molecule has 0 bridgehead atoms. The van der Waals surface area contributed by atoms with Gasteiger partial charge in [0.05, 0.1) is 6.61 Å². The summed E-state index contributed by atoms with van der Waals surface area (Å²) in [5, 5.41) is 0. The Balaban J connectivity index is 1.51. The maximum absolute atomic E-state index is 13.2. The SMILES string of the molecule is CC(=O)OC[C@H]1O[C@H](O[C@H]2C(=O)N(c3ccccc3)[C@H]2[C@H]2COC(C)(C)O2)C=C[C@@H]1OC(C)=O. The number of β-lactam (4-membered cyclic amide) rings is 1. The summed E-state index contributed by atoms with van der Waals surface area (Å²) in [5.41, 5.74) is 0.730. The van der Waals surface area contributed by atoms with Gasteiger partial charge in [-0.1, -0.05) is 18.2 Å². The summed E-state index contributed by atoms with van der Waals surface area (Å²) >= 11 is 0. The summed E-state index contributed by atoms with van der Waals surface area (Å²) in [7, 11) is 0. The van der Waals surface area contributed by atoms with Crippen LogP contribution in [-0.2, 0) is 42.8 Å². The number of rotatable bonds is 7. The van der Waals surface area contributed by atoms with Crippen LogP contribution in [0.2, 0.25) is 0 Å². The average molecular weight is 475 g/mol. The van der Waals surface area contributed by atoms with Gasteiger partial charge in [0.25, 0.3) is 5.91 Å². The molecule has 2 saturated heterocycles. The molecular weight excluding hydrogens is 446 g/mol. The molecule has 184 valence electrons. The predicted molar refractivity (Wildman–Crippen MR) is 117 cm³/mol. The van der Waals surface area contributed by atoms with Gasteiger partial charge in [0.2, 0.25) is 0 Å². The highest BCUT2D eigenvalue weighted by molar-refractivity contribution is 6.05. The van der Waals surface area contributed by atoms with Crippen molar-refractivity contribution < 1.29 is 42.8 Å². The first kappa shape index (κ1) is 24.3. The minimum Gasteiger partial charge on any atom is -0.463 e. The number of para-hydroxylation sites is 1. The van der Waals surface area contributed by atoms with Gasteiger partial charge in [-0.25, -0.2) is 0 Å². The van der Waals surface area contributed by atoms with E-state index in [1.807, 2.05) is 44.2 Å². The highest BCUT2D eigenvalue weighted by atomic mass is 16.7. The van der Waals surface area contributed by atoms with Crippen LogP contribution in [0.25, 0.3) is 0 Å². The third-order valence-corrected chi connectivity index (χ3v) is 5.70. The largest absolute Gasteiger partial charge is 0.463 e. The van der Waals surface area contributed by atoms with Gasteiger partial charge in [-0.15, -0.1) is 0 Å². The predicted octanol–water partition coefficient (Wildman–Crippen LogP) is 1.71. The Morgan fingerprint density at radius 2 is 1.85 bits per heavy atom. The zero-order chi connectivity index (χ0) is 24.5. The normalized spacial score (nSPS) is 32.2. The lowest BCUT2D eigenvalue weighted by Crippen LogP contribution is -2.71. The second-order valence-corrected chi connectivity index (χ2v) is 8.76. The summed E-state index contributed by atoms with van der Waals surface area (Å²) in [6, 6.07) is 8.83. The lowest BCUT2D eigenvalue weighted by molar-refractivity contribution is -0.223. The second-order valence-electron chi connectivity index (χ2n) is 8.76. The van der Waals surface area contributed by atoms with Gasteiger partial charge >= 0.3 is 11.9 Å². The number of esters is 2. The summed E-state index contributed by atoms with van der Waals surface area (Å²) in [5.74, 6) is -2.01. The Morgan fingerprint density at radius 3 is 2.47 bits per heavy atom. The van der Waals surface area contributed by atoms with Crippen molar-refractivity contribution in [2.75, 3.05) is 18.1 Å². The molecule has 34 heavy (non-hydrogen) atoms. The summed E-state index contributed by atoms with van der Waals surface area (Å²) in [4.78, 5) is 37.5. The fourth-order valence-electron chi connectivity index (χ4n) is 4.24. The molecule has 0 saturated carbocycles. The van der Waals surface area contributed by atoms with E-state index in [4.69, 9.17) is 28.4 Å². The topological polar surface area (TPSA) is 110 Å². The van der Waals surface area contributed by atoms with E-state index in [0.29, 0.717) is 6.61 Å². The molecule has 0 aliphatic carbocycles. The molecule has 10 heteroatoms. The first-order valence-electron chi connectivity index (χ1n) is 11.1. The van der Waals surface area contributed by atoms with Gasteiger partial charge in [-0.05, 0) is 38.1 Å². The van der Waals surface area contributed by atoms with Crippen LogP contribution in [0.1, 0.15) is 27.7 Å². The second kappa shape index (κ2) is 9.83. The molecule has 0 N–H and O–H groups in total. The van der Waals surface area contributed by atoms with E-state index in [1.165, 1.54) is 13.8 Å². The molecule has 1 aromatic carbocycles. The van der Waals surface area contributed by atoms with Crippen molar-refractivity contribution in [3.8, 4) is 0 Å². The number of benzene rings is 1. The van der Waals surface area contributed by atoms with Gasteiger partial charge in [0.15, 0.2) is 18.2 Å². The molecule has 4 rings (SSSR count). The molecular formula is C24H29NO9. The molecule has 0 unspecified atom stereocenters. The minimum atomic E-state index is -0.919. The van der Waals surface area contributed by atoms with Crippen molar-refractivity contribution in [2.24, 2.45) is 0 Å². The maximum atomic E-state index is 13.2. The molecule has 2 fully saturated rings. The van der Waals surface area contributed by atoms with E-state index in [9.17, 15) is 14.4 Å². The molecule has 6 atom stereocenters. The number of carbonyl (C=O) groups excluding carboxylic acids is 3.